The molecular formula is C12H16F3N3O3. The number of alkyl halides is 3. The van der Waals surface area contributed by atoms with E-state index in [4.69, 9.17) is 0 Å². The van der Waals surface area contributed by atoms with E-state index >= 15 is 0 Å². The van der Waals surface area contributed by atoms with Gasteiger partial charge in [0.25, 0.3) is 0 Å². The Balaban J connectivity index is 3.05. The number of aromatic nitrogens is 1. The average Bonchev–Trinajstić information content (AvgIpc) is 2.34. The summed E-state index contributed by atoms with van der Waals surface area (Å²) in [5.41, 5.74) is -3.30. The van der Waals surface area contributed by atoms with Crippen LogP contribution < -0.4 is 5.32 Å². The molecule has 0 radical (unpaired) electrons. The van der Waals surface area contributed by atoms with Crippen LogP contribution >= 0.6 is 0 Å². The molecule has 0 aliphatic rings. The largest absolute Gasteiger partial charge is 0.433 e. The summed E-state index contributed by atoms with van der Waals surface area (Å²) in [6.45, 7) is 3.23. The first kappa shape index (κ1) is 17.2. The van der Waals surface area contributed by atoms with Gasteiger partial charge in [0.1, 0.15) is 17.6 Å². The molecule has 0 aromatic carbocycles. The van der Waals surface area contributed by atoms with Crippen molar-refractivity contribution in [2.45, 2.75) is 38.5 Å². The normalized spacial score (nSPS) is 14.6. The topological polar surface area (TPSA) is 88.3 Å². The maximum atomic E-state index is 12.6. The van der Waals surface area contributed by atoms with Gasteiger partial charge in [0.15, 0.2) is 0 Å². The highest BCUT2D eigenvalue weighted by Crippen LogP contribution is 2.33. The van der Waals surface area contributed by atoms with Crippen LogP contribution in [0.15, 0.2) is 12.3 Å². The maximum absolute atomic E-state index is 12.6. The highest BCUT2D eigenvalue weighted by atomic mass is 19.4. The molecule has 9 heteroatoms. The zero-order valence-corrected chi connectivity index (χ0v) is 11.6. The third-order valence-corrected chi connectivity index (χ3v) is 2.82. The SMILES string of the molecule is CCCC(C)(O)CNc1cc(C(F)(F)F)ncc1[N+](=O)[O-]. The van der Waals surface area contributed by atoms with Gasteiger partial charge in [-0.3, -0.25) is 10.1 Å². The highest BCUT2D eigenvalue weighted by Gasteiger charge is 2.34. The second-order valence-electron chi connectivity index (χ2n) is 4.94. The van der Waals surface area contributed by atoms with E-state index in [1.807, 2.05) is 6.92 Å². The number of nitrogens with one attached hydrogen (secondary N) is 1. The molecule has 0 fully saturated rings. The standard InChI is InChI=1S/C12H16F3N3O3/c1-3-4-11(2,19)7-17-8-5-10(12(13,14)15)16-6-9(8)18(20)21/h5-6,19H,3-4,7H2,1-2H3,(H,16,17). The van der Waals surface area contributed by atoms with Gasteiger partial charge in [-0.2, -0.15) is 13.2 Å². The number of rotatable bonds is 6. The fourth-order valence-electron chi connectivity index (χ4n) is 1.80. The number of halogens is 3. The zero-order valence-electron chi connectivity index (χ0n) is 11.6. The summed E-state index contributed by atoms with van der Waals surface area (Å²) in [5, 5.41) is 23.3. The Bertz CT molecular complexity index is 518. The molecule has 1 atom stereocenters. The van der Waals surface area contributed by atoms with Crippen LogP contribution in [0, 0.1) is 10.1 Å². The van der Waals surface area contributed by atoms with E-state index in [9.17, 15) is 28.4 Å². The molecule has 0 saturated carbocycles. The highest BCUT2D eigenvalue weighted by molar-refractivity contribution is 5.61. The minimum Gasteiger partial charge on any atom is -0.388 e. The zero-order chi connectivity index (χ0) is 16.3. The van der Waals surface area contributed by atoms with Crippen LogP contribution in [0.1, 0.15) is 32.4 Å². The van der Waals surface area contributed by atoms with Crippen molar-refractivity contribution in [1.82, 2.24) is 4.98 Å². The minimum absolute atomic E-state index is 0.108. The molecule has 0 saturated heterocycles. The summed E-state index contributed by atoms with van der Waals surface area (Å²) in [6.07, 6.45) is -3.07. The van der Waals surface area contributed by atoms with Crippen LogP contribution in [-0.2, 0) is 6.18 Å². The number of anilines is 1. The van der Waals surface area contributed by atoms with Crippen LogP contribution in [0.5, 0.6) is 0 Å². The number of hydrogen-bond acceptors (Lipinski definition) is 5. The van der Waals surface area contributed by atoms with Gasteiger partial charge in [0.2, 0.25) is 0 Å². The lowest BCUT2D eigenvalue weighted by atomic mass is 10.0. The molecule has 0 aliphatic carbocycles. The average molecular weight is 307 g/mol. The Morgan fingerprint density at radius 2 is 2.10 bits per heavy atom. The van der Waals surface area contributed by atoms with Crippen molar-refractivity contribution < 1.29 is 23.2 Å². The fourth-order valence-corrected chi connectivity index (χ4v) is 1.80. The summed E-state index contributed by atoms with van der Waals surface area (Å²) in [5.74, 6) is 0. The Hall–Kier alpha value is -1.90. The summed E-state index contributed by atoms with van der Waals surface area (Å²) in [4.78, 5) is 13.0. The lowest BCUT2D eigenvalue weighted by Gasteiger charge is -2.23. The van der Waals surface area contributed by atoms with Gasteiger partial charge in [0, 0.05) is 6.54 Å². The Labute approximate surface area is 119 Å². The van der Waals surface area contributed by atoms with Crippen molar-refractivity contribution in [3.05, 3.63) is 28.1 Å². The summed E-state index contributed by atoms with van der Waals surface area (Å²) >= 11 is 0. The second kappa shape index (κ2) is 6.25. The van der Waals surface area contributed by atoms with E-state index in [0.29, 0.717) is 25.1 Å². The van der Waals surface area contributed by atoms with Gasteiger partial charge in [-0.15, -0.1) is 0 Å². The van der Waals surface area contributed by atoms with E-state index in [-0.39, 0.29) is 12.2 Å². The number of nitrogens with zero attached hydrogens (tertiary/aromatic N) is 2. The first-order valence-electron chi connectivity index (χ1n) is 6.24. The molecule has 0 amide bonds. The molecule has 6 nitrogen and oxygen atoms in total. The van der Waals surface area contributed by atoms with Crippen LogP contribution in [0.25, 0.3) is 0 Å². The molecular weight excluding hydrogens is 291 g/mol. The van der Waals surface area contributed by atoms with E-state index in [1.54, 1.807) is 0 Å². The summed E-state index contributed by atoms with van der Waals surface area (Å²) in [7, 11) is 0. The van der Waals surface area contributed by atoms with Crippen molar-refractivity contribution in [2.75, 3.05) is 11.9 Å². The van der Waals surface area contributed by atoms with Gasteiger partial charge < -0.3 is 10.4 Å². The Morgan fingerprint density at radius 1 is 1.48 bits per heavy atom. The van der Waals surface area contributed by atoms with E-state index in [2.05, 4.69) is 10.3 Å². The predicted molar refractivity (Wildman–Crippen MR) is 69.9 cm³/mol. The molecule has 21 heavy (non-hydrogen) atoms. The molecule has 0 spiro atoms. The second-order valence-corrected chi connectivity index (χ2v) is 4.94. The van der Waals surface area contributed by atoms with Crippen molar-refractivity contribution >= 4 is 11.4 Å². The summed E-state index contributed by atoms with van der Waals surface area (Å²) in [6, 6.07) is 0.570. The van der Waals surface area contributed by atoms with Gasteiger partial charge >= 0.3 is 11.9 Å². The molecule has 1 aromatic heterocycles. The monoisotopic (exact) mass is 307 g/mol. The molecule has 0 aliphatic heterocycles. The fraction of sp³-hybridized carbons (Fsp3) is 0.583. The van der Waals surface area contributed by atoms with Gasteiger partial charge in [-0.25, -0.2) is 4.98 Å². The van der Waals surface area contributed by atoms with E-state index in [1.165, 1.54) is 6.92 Å². The number of hydrogen-bond donors (Lipinski definition) is 2. The smallest absolute Gasteiger partial charge is 0.388 e. The quantitative estimate of drug-likeness (QED) is 0.623. The van der Waals surface area contributed by atoms with Crippen LogP contribution in [0.3, 0.4) is 0 Å². The lowest BCUT2D eigenvalue weighted by molar-refractivity contribution is -0.384. The van der Waals surface area contributed by atoms with Gasteiger partial charge in [-0.05, 0) is 19.4 Å². The molecule has 0 bridgehead atoms. The number of nitro groups is 1. The first-order chi connectivity index (χ1) is 9.57. The van der Waals surface area contributed by atoms with Gasteiger partial charge in [0.05, 0.1) is 10.5 Å². The minimum atomic E-state index is -4.70. The third kappa shape index (κ3) is 4.85. The van der Waals surface area contributed by atoms with Crippen LogP contribution in [0.2, 0.25) is 0 Å². The van der Waals surface area contributed by atoms with Gasteiger partial charge in [-0.1, -0.05) is 13.3 Å². The van der Waals surface area contributed by atoms with E-state index in [0.717, 1.165) is 0 Å². The van der Waals surface area contributed by atoms with Crippen LogP contribution in [0.4, 0.5) is 24.5 Å². The maximum Gasteiger partial charge on any atom is 0.433 e. The van der Waals surface area contributed by atoms with Crippen molar-refractivity contribution in [3.8, 4) is 0 Å². The summed E-state index contributed by atoms with van der Waals surface area (Å²) < 4.78 is 37.8. The molecule has 1 aromatic rings. The molecule has 118 valence electrons. The van der Waals surface area contributed by atoms with Crippen molar-refractivity contribution in [3.63, 3.8) is 0 Å². The van der Waals surface area contributed by atoms with Crippen LogP contribution in [-0.4, -0.2) is 27.2 Å². The number of aliphatic hydroxyl groups is 1. The third-order valence-electron chi connectivity index (χ3n) is 2.82. The molecule has 1 rings (SSSR count). The van der Waals surface area contributed by atoms with Crippen molar-refractivity contribution in [2.24, 2.45) is 0 Å². The molecule has 1 unspecified atom stereocenters. The van der Waals surface area contributed by atoms with Crippen molar-refractivity contribution in [1.29, 1.82) is 0 Å². The number of pyridine rings is 1. The first-order valence-corrected chi connectivity index (χ1v) is 6.24. The Morgan fingerprint density at radius 3 is 2.57 bits per heavy atom. The predicted octanol–water partition coefficient (Wildman–Crippen LogP) is 2.97. The molecule has 2 N–H and O–H groups in total. The van der Waals surface area contributed by atoms with E-state index < -0.39 is 28.1 Å². The molecule has 1 heterocycles. The Kier molecular flexibility index (Phi) is 5.10. The lowest BCUT2D eigenvalue weighted by Crippen LogP contribution is -2.33.